The van der Waals surface area contributed by atoms with Crippen LogP contribution in [0.5, 0.6) is 0 Å². The van der Waals surface area contributed by atoms with Gasteiger partial charge in [0.05, 0.1) is 0 Å². The summed E-state index contributed by atoms with van der Waals surface area (Å²) in [6.45, 7) is 0. The van der Waals surface area contributed by atoms with Crippen LogP contribution in [0.3, 0.4) is 0 Å². The Balaban J connectivity index is -0.00000000121. The minimum absolute atomic E-state index is 0. The van der Waals surface area contributed by atoms with Crippen LogP contribution >= 0.6 is 0 Å². The average Bonchev–Trinajstić information content (AvgIpc) is 0.722. The Kier molecular flexibility index (Phi) is 98.4. The molecule has 0 bridgehead atoms. The second-order valence-electron chi connectivity index (χ2n) is 0.447. The molecule has 0 saturated carbocycles. The molecule has 0 aromatic heterocycles. The topological polar surface area (TPSA) is 86.2 Å². The van der Waals surface area contributed by atoms with Gasteiger partial charge in [-0.1, -0.05) is 0 Å². The molecule has 0 N–H and O–H groups in total. The smallest absolute Gasteiger partial charge is 1.00 e. The van der Waals surface area contributed by atoms with Crippen LogP contribution in [-0.2, 0) is 3.74 Å². The van der Waals surface area contributed by atoms with Gasteiger partial charge >= 0.3 is 156 Å². The van der Waals surface area contributed by atoms with Gasteiger partial charge in [0, 0.05) is 0 Å². The van der Waals surface area contributed by atoms with E-state index in [0.29, 0.717) is 0 Å². The van der Waals surface area contributed by atoms with Crippen molar-refractivity contribution in [2.24, 2.45) is 0 Å². The molecule has 11 heavy (non-hydrogen) atoms. The van der Waals surface area contributed by atoms with Crippen molar-refractivity contribution in [3.63, 3.8) is 0 Å². The fraction of sp³-hybridized carbons (Fsp3) is 0. The molecule has 0 saturated heterocycles. The first kappa shape index (κ1) is 45.4. The van der Waals surface area contributed by atoms with E-state index in [2.05, 4.69) is 0 Å². The van der Waals surface area contributed by atoms with Gasteiger partial charge < -0.3 is 8.56 Å². The Morgan fingerprint density at radius 1 is 0.818 bits per heavy atom. The minimum atomic E-state index is -5.88. The molecule has 0 heterocycles. The summed E-state index contributed by atoms with van der Waals surface area (Å²) in [5.41, 5.74) is 0. The van der Waals surface area contributed by atoms with E-state index in [1.165, 1.54) is 0 Å². The van der Waals surface area contributed by atoms with Crippen LogP contribution < -0.4 is 68.9 Å². The zero-order valence-electron chi connectivity index (χ0n) is 13.2. The first-order valence-corrected chi connectivity index (χ1v) is 3.79. The number of rotatable bonds is 0. The molecule has 4 nitrogen and oxygen atoms in total. The van der Waals surface area contributed by atoms with Crippen molar-refractivity contribution in [1.29, 1.82) is 0 Å². The molecule has 11 heteroatoms. The van der Waals surface area contributed by atoms with E-state index in [9.17, 15) is 0 Å². The minimum Gasteiger partial charge on any atom is -1.00 e. The summed E-state index contributed by atoms with van der Waals surface area (Å²) in [6, 6.07) is 0. The van der Waals surface area contributed by atoms with Gasteiger partial charge in [0.1, 0.15) is 0 Å². The van der Waals surface area contributed by atoms with Gasteiger partial charge in [0.2, 0.25) is 0 Å². The van der Waals surface area contributed by atoms with Gasteiger partial charge in [-0.05, 0) is 0 Å². The summed E-state index contributed by atoms with van der Waals surface area (Å²) >= 11 is -5.88. The van der Waals surface area contributed by atoms with E-state index in [-0.39, 0.29) is 134 Å². The van der Waals surface area contributed by atoms with E-state index in [1.807, 2.05) is 0 Å². The zero-order valence-corrected chi connectivity index (χ0v) is 13.3. The maximum Gasteiger partial charge on any atom is 2.00 e. The third-order valence-electron chi connectivity index (χ3n) is 0. The molecule has 0 aliphatic rings. The van der Waals surface area contributed by atoms with E-state index in [1.54, 1.807) is 0 Å². The van der Waals surface area contributed by atoms with Crippen molar-refractivity contribution in [3.05, 3.63) is 0 Å². The fourth-order valence-electron chi connectivity index (χ4n) is 0. The SMILES string of the molecule is O=[As]([O-])([O-])[O-].[H-].[H-].[H-].[H-].[H-].[H-].[Li+].[Li+].[Li+].[Mg+2].[Mg+2].[Mg+2]. The Hall–Kier alpha value is 4.33. The maximum atomic E-state index is 8.61. The molecule has 0 aliphatic heterocycles. The van der Waals surface area contributed by atoms with Gasteiger partial charge in [-0.15, -0.1) is 0 Å². The monoisotopic (exact) mass is 238 g/mol. The summed E-state index contributed by atoms with van der Waals surface area (Å²) in [5.74, 6) is 0. The van der Waals surface area contributed by atoms with Crippen molar-refractivity contribution in [3.8, 4) is 0 Å². The van der Waals surface area contributed by atoms with Crippen LogP contribution in [0.2, 0.25) is 0 Å². The second kappa shape index (κ2) is 23.9. The molecule has 0 aromatic carbocycles. The third-order valence-corrected chi connectivity index (χ3v) is 0. The van der Waals surface area contributed by atoms with Crippen LogP contribution in [0.25, 0.3) is 0 Å². The van der Waals surface area contributed by atoms with Crippen molar-refractivity contribution >= 4 is 83.7 Å². The quantitative estimate of drug-likeness (QED) is 0.392. The van der Waals surface area contributed by atoms with Gasteiger partial charge in [-0.25, -0.2) is 0 Å². The van der Waals surface area contributed by atoms with Gasteiger partial charge in [0.25, 0.3) is 0 Å². The molecule has 0 aliphatic carbocycles. The standard InChI is InChI=1S/AsH3O4.3Li.3Mg.6H/c2-1(3,4)5;;;;;;;;;;;;/h(H3,2,3,4,5);;;;;;;;;;;;/q;3*+1;3*+2;6*-1/p-3. The molecular formula is H6AsLi3Mg3O4. The van der Waals surface area contributed by atoms with Crippen molar-refractivity contribution < 1.29 is 81.2 Å². The molecule has 0 spiro atoms. The van der Waals surface area contributed by atoms with E-state index in [4.69, 9.17) is 16.0 Å². The van der Waals surface area contributed by atoms with Crippen molar-refractivity contribution in [2.45, 2.75) is 0 Å². The van der Waals surface area contributed by atoms with Crippen LogP contribution in [-0.4, -0.2) is 83.7 Å². The van der Waals surface area contributed by atoms with Crippen LogP contribution in [0.4, 0.5) is 0 Å². The van der Waals surface area contributed by atoms with E-state index >= 15 is 0 Å². The Labute approximate surface area is 162 Å². The first-order valence-electron chi connectivity index (χ1n) is 0.730. The largest absolute Gasteiger partial charge is 2.00 e. The third kappa shape index (κ3) is 116. The number of hydrogen-bond acceptors (Lipinski definition) is 4. The normalized spacial score (nSPS) is 5.36. The second-order valence-corrected chi connectivity index (χ2v) is 2.32. The molecular weight excluding hydrogens is 233 g/mol. The molecule has 44 valence electrons. The maximum absolute atomic E-state index is 8.61. The molecule has 0 rings (SSSR count). The Morgan fingerprint density at radius 3 is 0.818 bits per heavy atom. The van der Waals surface area contributed by atoms with Gasteiger partial charge in [-0.2, -0.15) is 0 Å². The molecule has 0 aromatic rings. The van der Waals surface area contributed by atoms with E-state index in [0.717, 1.165) is 0 Å². The summed E-state index contributed by atoms with van der Waals surface area (Å²) in [6.07, 6.45) is 0. The van der Waals surface area contributed by atoms with Crippen LogP contribution in [0, 0.1) is 0 Å². The van der Waals surface area contributed by atoms with Crippen molar-refractivity contribution in [2.75, 3.05) is 0 Å². The zero-order chi connectivity index (χ0) is 4.50. The molecule has 0 unspecified atom stereocenters. The summed E-state index contributed by atoms with van der Waals surface area (Å²) < 4.78 is 34.4. The first-order chi connectivity index (χ1) is 2.00. The van der Waals surface area contributed by atoms with Crippen LogP contribution in [0.15, 0.2) is 0 Å². The Bertz CT molecular complexity index is 82.6. The predicted octanol–water partition coefficient (Wildman–Crippen LogP) is -13.5. The summed E-state index contributed by atoms with van der Waals surface area (Å²) in [4.78, 5) is 0. The van der Waals surface area contributed by atoms with E-state index < -0.39 is 14.5 Å². The summed E-state index contributed by atoms with van der Waals surface area (Å²) in [7, 11) is 0. The molecule has 0 amide bonds. The molecule has 0 atom stereocenters. The molecule has 0 radical (unpaired) electrons. The summed E-state index contributed by atoms with van der Waals surface area (Å²) in [5, 5.41) is 0. The van der Waals surface area contributed by atoms with Gasteiger partial charge in [-0.3, -0.25) is 0 Å². The number of hydrogen-bond donors (Lipinski definition) is 0. The average molecular weight is 239 g/mol. The predicted molar refractivity (Wildman–Crippen MR) is 30.4 cm³/mol. The van der Waals surface area contributed by atoms with Gasteiger partial charge in [0.15, 0.2) is 0 Å². The van der Waals surface area contributed by atoms with Crippen molar-refractivity contribution in [1.82, 2.24) is 0 Å². The fourth-order valence-corrected chi connectivity index (χ4v) is 0. The Morgan fingerprint density at radius 2 is 0.818 bits per heavy atom. The van der Waals surface area contributed by atoms with Crippen LogP contribution in [0.1, 0.15) is 8.56 Å². The molecule has 0 fully saturated rings.